The number of rotatable bonds is 5. The van der Waals surface area contributed by atoms with Crippen LogP contribution in [0.25, 0.3) is 0 Å². The van der Waals surface area contributed by atoms with E-state index in [0.29, 0.717) is 6.42 Å². The van der Waals surface area contributed by atoms with Crippen LogP contribution in [0.1, 0.15) is 24.8 Å². The van der Waals surface area contributed by atoms with E-state index in [-0.39, 0.29) is 11.5 Å². The first-order chi connectivity index (χ1) is 8.56. The molecule has 18 heavy (non-hydrogen) atoms. The quantitative estimate of drug-likeness (QED) is 0.643. The summed E-state index contributed by atoms with van der Waals surface area (Å²) < 4.78 is 39.9. The fourth-order valence-corrected chi connectivity index (χ4v) is 1.65. The van der Waals surface area contributed by atoms with Crippen LogP contribution in [-0.4, -0.2) is 0 Å². The van der Waals surface area contributed by atoms with Gasteiger partial charge in [-0.25, -0.2) is 13.2 Å². The Morgan fingerprint density at radius 1 is 1.33 bits per heavy atom. The lowest BCUT2D eigenvalue weighted by Crippen LogP contribution is -2.00. The molecule has 3 heteroatoms. The highest BCUT2D eigenvalue weighted by molar-refractivity contribution is 5.24. The maximum atomic E-state index is 13.4. The molecule has 0 aliphatic rings. The van der Waals surface area contributed by atoms with Crippen LogP contribution in [-0.2, 0) is 0 Å². The molecule has 1 aromatic rings. The van der Waals surface area contributed by atoms with Gasteiger partial charge in [-0.1, -0.05) is 31.7 Å². The highest BCUT2D eigenvalue weighted by Gasteiger charge is 2.14. The van der Waals surface area contributed by atoms with Crippen LogP contribution in [0.5, 0.6) is 0 Å². The van der Waals surface area contributed by atoms with Crippen molar-refractivity contribution >= 4 is 0 Å². The predicted molar refractivity (Wildman–Crippen MR) is 67.9 cm³/mol. The maximum absolute atomic E-state index is 13.4. The van der Waals surface area contributed by atoms with Crippen molar-refractivity contribution in [2.24, 2.45) is 0 Å². The summed E-state index contributed by atoms with van der Waals surface area (Å²) in [7, 11) is 0. The highest BCUT2D eigenvalue weighted by Crippen LogP contribution is 2.25. The van der Waals surface area contributed by atoms with Crippen LogP contribution in [0.15, 0.2) is 54.9 Å². The van der Waals surface area contributed by atoms with Crippen LogP contribution in [0.3, 0.4) is 0 Å². The normalized spacial score (nSPS) is 13.9. The van der Waals surface area contributed by atoms with Gasteiger partial charge in [0.25, 0.3) is 0 Å². The van der Waals surface area contributed by atoms with Gasteiger partial charge in [0, 0.05) is 5.56 Å². The molecule has 0 amide bonds. The molecule has 0 spiro atoms. The molecule has 0 aliphatic heterocycles. The molecule has 0 nitrogen and oxygen atoms in total. The summed E-state index contributed by atoms with van der Waals surface area (Å²) in [4.78, 5) is 0. The number of benzene rings is 1. The number of hydrogen-bond acceptors (Lipinski definition) is 0. The van der Waals surface area contributed by atoms with Crippen LogP contribution >= 0.6 is 0 Å². The van der Waals surface area contributed by atoms with E-state index in [1.54, 1.807) is 13.0 Å². The Kier molecular flexibility index (Phi) is 5.43. The third-order valence-electron chi connectivity index (χ3n) is 2.54. The summed E-state index contributed by atoms with van der Waals surface area (Å²) in [6.45, 7) is 5.06. The van der Waals surface area contributed by atoms with Crippen molar-refractivity contribution in [2.45, 2.75) is 19.3 Å². The topological polar surface area (TPSA) is 0 Å². The molecular weight excluding hydrogens is 237 g/mol. The van der Waals surface area contributed by atoms with Crippen LogP contribution in [0, 0.1) is 11.6 Å². The molecule has 0 saturated carbocycles. The van der Waals surface area contributed by atoms with Gasteiger partial charge in [-0.05, 0) is 36.6 Å². The molecule has 0 N–H and O–H groups in total. The average Bonchev–Trinajstić information content (AvgIpc) is 2.29. The largest absolute Gasteiger partial charge is 0.207 e. The first kappa shape index (κ1) is 14.3. The van der Waals surface area contributed by atoms with Gasteiger partial charge in [0.2, 0.25) is 0 Å². The zero-order valence-corrected chi connectivity index (χ0v) is 10.2. The summed E-state index contributed by atoms with van der Waals surface area (Å²) in [5, 5.41) is 0. The molecule has 1 aromatic carbocycles. The van der Waals surface area contributed by atoms with Gasteiger partial charge in [-0.15, -0.1) is 0 Å². The smallest absolute Gasteiger partial charge is 0.129 e. The lowest BCUT2D eigenvalue weighted by Gasteiger charge is -2.11. The van der Waals surface area contributed by atoms with Crippen LogP contribution < -0.4 is 0 Å². The Morgan fingerprint density at radius 3 is 2.50 bits per heavy atom. The van der Waals surface area contributed by atoms with Gasteiger partial charge in [-0.2, -0.15) is 0 Å². The number of hydrogen-bond donors (Lipinski definition) is 0. The van der Waals surface area contributed by atoms with E-state index in [1.165, 1.54) is 36.4 Å². The minimum absolute atomic E-state index is 0.0373. The van der Waals surface area contributed by atoms with Gasteiger partial charge in [-0.3, -0.25) is 0 Å². The molecule has 0 heterocycles. The Bertz CT molecular complexity index is 452. The van der Waals surface area contributed by atoms with Crippen molar-refractivity contribution in [3.05, 3.63) is 72.1 Å². The van der Waals surface area contributed by atoms with Gasteiger partial charge in [0.15, 0.2) is 0 Å². The predicted octanol–water partition coefficient (Wildman–Crippen LogP) is 5.05. The average molecular weight is 252 g/mol. The maximum Gasteiger partial charge on any atom is 0.129 e. The van der Waals surface area contributed by atoms with Gasteiger partial charge < -0.3 is 0 Å². The summed E-state index contributed by atoms with van der Waals surface area (Å²) in [6, 6.07) is 3.76. The zero-order valence-electron chi connectivity index (χ0n) is 10.2. The summed E-state index contributed by atoms with van der Waals surface area (Å²) >= 11 is 0. The van der Waals surface area contributed by atoms with Crippen molar-refractivity contribution in [1.82, 2.24) is 0 Å². The van der Waals surface area contributed by atoms with E-state index in [4.69, 9.17) is 0 Å². The lowest BCUT2D eigenvalue weighted by atomic mass is 9.96. The van der Waals surface area contributed by atoms with Gasteiger partial charge in [0.1, 0.15) is 17.5 Å². The molecule has 1 rings (SSSR count). The van der Waals surface area contributed by atoms with E-state index < -0.39 is 17.5 Å². The number of halogens is 3. The fourth-order valence-electron chi connectivity index (χ4n) is 1.65. The summed E-state index contributed by atoms with van der Waals surface area (Å²) in [6.07, 6.45) is 5.71. The molecule has 0 fully saturated rings. The van der Waals surface area contributed by atoms with Crippen molar-refractivity contribution in [1.29, 1.82) is 0 Å². The van der Waals surface area contributed by atoms with Crippen molar-refractivity contribution < 1.29 is 13.2 Å². The Morgan fingerprint density at radius 2 is 1.94 bits per heavy atom. The molecule has 0 saturated heterocycles. The monoisotopic (exact) mass is 252 g/mol. The molecule has 96 valence electrons. The number of allylic oxidation sites excluding steroid dienone is 5. The SMILES string of the molecule is C=C/C=C(F)\C=C/CC(C)c1c(F)cccc1F. The molecule has 0 aliphatic carbocycles. The second kappa shape index (κ2) is 6.84. The van der Waals surface area contributed by atoms with Crippen LogP contribution in [0.2, 0.25) is 0 Å². The Labute approximate surface area is 105 Å². The molecule has 1 unspecified atom stereocenters. The van der Waals surface area contributed by atoms with Crippen molar-refractivity contribution in [2.75, 3.05) is 0 Å². The molecule has 0 radical (unpaired) electrons. The van der Waals surface area contributed by atoms with E-state index in [0.717, 1.165) is 0 Å². The lowest BCUT2D eigenvalue weighted by molar-refractivity contribution is 0.533. The van der Waals surface area contributed by atoms with E-state index in [9.17, 15) is 13.2 Å². The third kappa shape index (κ3) is 3.91. The van der Waals surface area contributed by atoms with Crippen molar-refractivity contribution in [3.63, 3.8) is 0 Å². The van der Waals surface area contributed by atoms with Gasteiger partial charge >= 0.3 is 0 Å². The Balaban J connectivity index is 2.75. The third-order valence-corrected chi connectivity index (χ3v) is 2.54. The first-order valence-electron chi connectivity index (χ1n) is 5.65. The van der Waals surface area contributed by atoms with E-state index in [2.05, 4.69) is 6.58 Å². The second-order valence-corrected chi connectivity index (χ2v) is 3.96. The Hall–Kier alpha value is -1.77. The molecular formula is C15H15F3. The van der Waals surface area contributed by atoms with E-state index in [1.807, 2.05) is 0 Å². The van der Waals surface area contributed by atoms with E-state index >= 15 is 0 Å². The van der Waals surface area contributed by atoms with Crippen molar-refractivity contribution in [3.8, 4) is 0 Å². The minimum atomic E-state index is -0.571. The second-order valence-electron chi connectivity index (χ2n) is 3.96. The molecule has 1 atom stereocenters. The summed E-state index contributed by atoms with van der Waals surface area (Å²) in [5.74, 6) is -1.93. The summed E-state index contributed by atoms with van der Waals surface area (Å²) in [5.41, 5.74) is 0.0373. The zero-order chi connectivity index (χ0) is 13.5. The fraction of sp³-hybridized carbons (Fsp3) is 0.200. The van der Waals surface area contributed by atoms with Gasteiger partial charge in [0.05, 0.1) is 0 Å². The molecule has 0 aromatic heterocycles. The minimum Gasteiger partial charge on any atom is -0.207 e. The standard InChI is InChI=1S/C15H15F3/c1-3-6-12(16)8-4-7-11(2)15-13(17)9-5-10-14(15)18/h3-6,8-11H,1,7H2,2H3/b8-4-,12-6+. The highest BCUT2D eigenvalue weighted by atomic mass is 19.1. The first-order valence-corrected chi connectivity index (χ1v) is 5.65. The molecule has 0 bridgehead atoms. The van der Waals surface area contributed by atoms with Crippen LogP contribution in [0.4, 0.5) is 13.2 Å².